The SMILES string of the molecule is Br/C=C1/c2ccccc2COc2ccccc21. The third-order valence-electron chi connectivity index (χ3n) is 2.98. The molecule has 0 fully saturated rings. The second-order valence-corrected chi connectivity index (χ2v) is 4.42. The van der Waals surface area contributed by atoms with E-state index in [1.165, 1.54) is 16.7 Å². The van der Waals surface area contributed by atoms with Crippen LogP contribution < -0.4 is 4.74 Å². The molecule has 0 aromatic heterocycles. The maximum absolute atomic E-state index is 5.85. The van der Waals surface area contributed by atoms with Gasteiger partial charge in [0.15, 0.2) is 0 Å². The second-order valence-electron chi connectivity index (χ2n) is 3.96. The summed E-state index contributed by atoms with van der Waals surface area (Å²) in [6.07, 6.45) is 0. The molecular formula is C15H11BrO. The highest BCUT2D eigenvalue weighted by molar-refractivity contribution is 9.11. The third-order valence-corrected chi connectivity index (χ3v) is 3.43. The topological polar surface area (TPSA) is 9.23 Å². The van der Waals surface area contributed by atoms with E-state index in [-0.39, 0.29) is 0 Å². The Kier molecular flexibility index (Phi) is 2.73. The van der Waals surface area contributed by atoms with Crippen LogP contribution in [0.1, 0.15) is 16.7 Å². The Hall–Kier alpha value is -1.54. The molecule has 0 bridgehead atoms. The lowest BCUT2D eigenvalue weighted by atomic mass is 9.96. The second kappa shape index (κ2) is 4.38. The van der Waals surface area contributed by atoms with Crippen molar-refractivity contribution in [2.24, 2.45) is 0 Å². The molecule has 0 aliphatic carbocycles. The molecule has 2 heteroatoms. The number of fused-ring (bicyclic) bond motifs is 2. The predicted molar refractivity (Wildman–Crippen MR) is 73.2 cm³/mol. The van der Waals surface area contributed by atoms with Crippen LogP contribution in [0.15, 0.2) is 53.5 Å². The van der Waals surface area contributed by atoms with E-state index in [2.05, 4.69) is 40.2 Å². The molecule has 84 valence electrons. The van der Waals surface area contributed by atoms with Gasteiger partial charge in [0.05, 0.1) is 0 Å². The van der Waals surface area contributed by atoms with E-state index in [9.17, 15) is 0 Å². The standard InChI is InChI=1S/C15H11BrO/c16-9-14-12-6-2-1-5-11(12)10-17-15-8-4-3-7-13(14)15/h1-9H,10H2/b14-9-. The Balaban J connectivity index is 2.27. The van der Waals surface area contributed by atoms with Crippen molar-refractivity contribution in [2.45, 2.75) is 6.61 Å². The molecule has 17 heavy (non-hydrogen) atoms. The molecule has 1 aliphatic heterocycles. The average molecular weight is 287 g/mol. The van der Waals surface area contributed by atoms with Crippen LogP contribution in [-0.2, 0) is 6.61 Å². The van der Waals surface area contributed by atoms with Gasteiger partial charge in [-0.05, 0) is 27.8 Å². The molecule has 1 aliphatic rings. The largest absolute Gasteiger partial charge is 0.488 e. The van der Waals surface area contributed by atoms with Gasteiger partial charge in [-0.2, -0.15) is 0 Å². The van der Waals surface area contributed by atoms with E-state index in [0.717, 1.165) is 11.3 Å². The van der Waals surface area contributed by atoms with Crippen molar-refractivity contribution in [1.82, 2.24) is 0 Å². The molecule has 0 amide bonds. The number of hydrogen-bond acceptors (Lipinski definition) is 1. The van der Waals surface area contributed by atoms with Gasteiger partial charge in [-0.1, -0.05) is 58.4 Å². The summed E-state index contributed by atoms with van der Waals surface area (Å²) < 4.78 is 5.85. The summed E-state index contributed by atoms with van der Waals surface area (Å²) in [7, 11) is 0. The Morgan fingerprint density at radius 2 is 1.65 bits per heavy atom. The van der Waals surface area contributed by atoms with E-state index in [0.29, 0.717) is 6.61 Å². The molecule has 0 N–H and O–H groups in total. The first kappa shape index (κ1) is 10.6. The summed E-state index contributed by atoms with van der Waals surface area (Å²) in [6, 6.07) is 16.5. The number of benzene rings is 2. The van der Waals surface area contributed by atoms with Crippen molar-refractivity contribution in [3.8, 4) is 5.75 Å². The van der Waals surface area contributed by atoms with Crippen LogP contribution in [0.25, 0.3) is 5.57 Å². The van der Waals surface area contributed by atoms with Crippen molar-refractivity contribution >= 4 is 21.5 Å². The van der Waals surface area contributed by atoms with Crippen molar-refractivity contribution in [1.29, 1.82) is 0 Å². The van der Waals surface area contributed by atoms with Crippen LogP contribution in [0.4, 0.5) is 0 Å². The van der Waals surface area contributed by atoms with Crippen molar-refractivity contribution in [2.75, 3.05) is 0 Å². The van der Waals surface area contributed by atoms with Crippen molar-refractivity contribution in [3.05, 3.63) is 70.2 Å². The fourth-order valence-corrected chi connectivity index (χ4v) is 2.64. The van der Waals surface area contributed by atoms with E-state index < -0.39 is 0 Å². The summed E-state index contributed by atoms with van der Waals surface area (Å²) in [6.45, 7) is 0.623. The molecule has 3 rings (SSSR count). The van der Waals surface area contributed by atoms with Gasteiger partial charge in [0.2, 0.25) is 0 Å². The number of ether oxygens (including phenoxy) is 1. The zero-order valence-electron chi connectivity index (χ0n) is 9.19. The number of rotatable bonds is 0. The van der Waals surface area contributed by atoms with E-state index in [1.54, 1.807) is 0 Å². The fraction of sp³-hybridized carbons (Fsp3) is 0.0667. The van der Waals surface area contributed by atoms with Gasteiger partial charge in [-0.25, -0.2) is 0 Å². The van der Waals surface area contributed by atoms with Crippen molar-refractivity contribution < 1.29 is 4.74 Å². The van der Waals surface area contributed by atoms with Gasteiger partial charge in [0.1, 0.15) is 12.4 Å². The highest BCUT2D eigenvalue weighted by Crippen LogP contribution is 2.36. The Bertz CT molecular complexity index is 537. The Morgan fingerprint density at radius 1 is 0.941 bits per heavy atom. The molecule has 1 heterocycles. The number of para-hydroxylation sites is 1. The van der Waals surface area contributed by atoms with Gasteiger partial charge >= 0.3 is 0 Å². The number of hydrogen-bond donors (Lipinski definition) is 0. The smallest absolute Gasteiger partial charge is 0.127 e. The van der Waals surface area contributed by atoms with Crippen LogP contribution in [0.2, 0.25) is 0 Å². The molecule has 0 saturated carbocycles. The average Bonchev–Trinajstić information content (AvgIpc) is 2.55. The van der Waals surface area contributed by atoms with Gasteiger partial charge in [-0.3, -0.25) is 0 Å². The molecule has 2 aromatic rings. The highest BCUT2D eigenvalue weighted by Gasteiger charge is 2.17. The highest BCUT2D eigenvalue weighted by atomic mass is 79.9. The van der Waals surface area contributed by atoms with Gasteiger partial charge in [0.25, 0.3) is 0 Å². The van der Waals surface area contributed by atoms with Crippen LogP contribution >= 0.6 is 15.9 Å². The normalized spacial score (nSPS) is 15.7. The fourth-order valence-electron chi connectivity index (χ4n) is 2.14. The lowest BCUT2D eigenvalue weighted by Crippen LogP contribution is -1.94. The lowest BCUT2D eigenvalue weighted by molar-refractivity contribution is 0.307. The van der Waals surface area contributed by atoms with E-state index in [4.69, 9.17) is 4.74 Å². The van der Waals surface area contributed by atoms with Gasteiger partial charge in [-0.15, -0.1) is 0 Å². The minimum absolute atomic E-state index is 0.623. The first-order chi connectivity index (χ1) is 8.40. The summed E-state index contributed by atoms with van der Waals surface area (Å²) in [5, 5.41) is 0. The Morgan fingerprint density at radius 3 is 2.47 bits per heavy atom. The molecule has 0 atom stereocenters. The quantitative estimate of drug-likeness (QED) is 0.699. The predicted octanol–water partition coefficient (Wildman–Crippen LogP) is 4.36. The lowest BCUT2D eigenvalue weighted by Gasteiger charge is -2.08. The summed E-state index contributed by atoms with van der Waals surface area (Å²) >= 11 is 3.47. The van der Waals surface area contributed by atoms with Crippen LogP contribution in [0.3, 0.4) is 0 Å². The zero-order valence-corrected chi connectivity index (χ0v) is 10.8. The first-order valence-electron chi connectivity index (χ1n) is 5.51. The van der Waals surface area contributed by atoms with Crippen LogP contribution in [-0.4, -0.2) is 0 Å². The van der Waals surface area contributed by atoms with E-state index in [1.807, 2.05) is 29.3 Å². The zero-order chi connectivity index (χ0) is 11.7. The molecule has 1 nitrogen and oxygen atoms in total. The minimum Gasteiger partial charge on any atom is -0.488 e. The van der Waals surface area contributed by atoms with Crippen LogP contribution in [0, 0.1) is 0 Å². The minimum atomic E-state index is 0.623. The van der Waals surface area contributed by atoms with E-state index >= 15 is 0 Å². The summed E-state index contributed by atoms with van der Waals surface area (Å²) in [5.41, 5.74) is 4.76. The third kappa shape index (κ3) is 1.79. The molecule has 0 unspecified atom stereocenters. The van der Waals surface area contributed by atoms with Gasteiger partial charge in [0, 0.05) is 5.56 Å². The maximum Gasteiger partial charge on any atom is 0.127 e. The molecule has 2 aromatic carbocycles. The molecule has 0 radical (unpaired) electrons. The summed E-state index contributed by atoms with van der Waals surface area (Å²) in [5.74, 6) is 0.939. The molecule has 0 spiro atoms. The first-order valence-corrected chi connectivity index (χ1v) is 6.42. The Labute approximate surface area is 109 Å². The number of halogens is 1. The van der Waals surface area contributed by atoms with Crippen molar-refractivity contribution in [3.63, 3.8) is 0 Å². The monoisotopic (exact) mass is 286 g/mol. The van der Waals surface area contributed by atoms with Gasteiger partial charge < -0.3 is 4.74 Å². The molecular weight excluding hydrogens is 276 g/mol. The molecule has 0 saturated heterocycles. The van der Waals surface area contributed by atoms with Crippen LogP contribution in [0.5, 0.6) is 5.75 Å². The summed E-state index contributed by atoms with van der Waals surface area (Å²) in [4.78, 5) is 1.97. The maximum atomic E-state index is 5.85.